The molecule has 2 aromatic rings. The molecular formula is C30H51N2+. The van der Waals surface area contributed by atoms with Gasteiger partial charge in [-0.3, -0.25) is 0 Å². The summed E-state index contributed by atoms with van der Waals surface area (Å²) in [6.45, 7) is 8.90. The molecular weight excluding hydrogens is 388 g/mol. The molecule has 0 radical (unpaired) electrons. The second kappa shape index (κ2) is 17.0. The van der Waals surface area contributed by atoms with Crippen molar-refractivity contribution in [1.82, 2.24) is 4.68 Å². The molecule has 0 aliphatic carbocycles. The average Bonchev–Trinajstić information content (AvgIpc) is 3.06. The molecule has 2 heteroatoms. The van der Waals surface area contributed by atoms with E-state index in [0.29, 0.717) is 0 Å². The third kappa shape index (κ3) is 10.8. The van der Waals surface area contributed by atoms with Gasteiger partial charge in [0.1, 0.15) is 0 Å². The van der Waals surface area contributed by atoms with Crippen LogP contribution in [0.4, 0.5) is 0 Å². The molecule has 2 rings (SSSR count). The molecule has 0 spiro atoms. The summed E-state index contributed by atoms with van der Waals surface area (Å²) in [5, 5.41) is 0. The fraction of sp³-hybridized carbons (Fsp3) is 0.700. The van der Waals surface area contributed by atoms with Crippen LogP contribution >= 0.6 is 0 Å². The van der Waals surface area contributed by atoms with E-state index in [1.165, 1.54) is 120 Å². The highest BCUT2D eigenvalue weighted by atomic mass is 15.4. The minimum atomic E-state index is 0.972. The Bertz CT molecular complexity index is 701. The Kier molecular flexibility index (Phi) is 14.2. The van der Waals surface area contributed by atoms with Crippen LogP contribution in [0, 0.1) is 13.8 Å². The lowest BCUT2D eigenvalue weighted by Gasteiger charge is -2.07. The maximum Gasteiger partial charge on any atom is 0.205 e. The van der Waals surface area contributed by atoms with Crippen LogP contribution in [-0.4, -0.2) is 4.68 Å². The van der Waals surface area contributed by atoms with Crippen LogP contribution < -0.4 is 4.68 Å². The van der Waals surface area contributed by atoms with Crippen molar-refractivity contribution in [3.8, 4) is 0 Å². The number of benzene rings is 1. The van der Waals surface area contributed by atoms with Crippen molar-refractivity contribution in [2.24, 2.45) is 0 Å². The smallest absolute Gasteiger partial charge is 0.158 e. The number of hydrogen-bond acceptors (Lipinski definition) is 0. The molecule has 0 saturated heterocycles. The lowest BCUT2D eigenvalue weighted by molar-refractivity contribution is -0.773. The fourth-order valence-electron chi connectivity index (χ4n) is 4.91. The summed E-state index contributed by atoms with van der Waals surface area (Å²) in [5.74, 6) is 0. The van der Waals surface area contributed by atoms with E-state index in [-0.39, 0.29) is 0 Å². The Labute approximate surface area is 199 Å². The van der Waals surface area contributed by atoms with Gasteiger partial charge in [-0.15, -0.1) is 4.68 Å². The third-order valence-electron chi connectivity index (χ3n) is 6.92. The molecule has 1 heterocycles. The molecule has 180 valence electrons. The molecule has 0 fully saturated rings. The van der Waals surface area contributed by atoms with E-state index in [9.17, 15) is 0 Å². The van der Waals surface area contributed by atoms with E-state index in [4.69, 9.17) is 0 Å². The first-order chi connectivity index (χ1) is 15.7. The number of unbranched alkanes of at least 4 members (excludes halogenated alkanes) is 15. The minimum Gasteiger partial charge on any atom is -0.158 e. The minimum absolute atomic E-state index is 0.972. The van der Waals surface area contributed by atoms with Crippen LogP contribution in [0.3, 0.4) is 0 Å². The number of hydrogen-bond donors (Lipinski definition) is 0. The first-order valence-electron chi connectivity index (χ1n) is 13.8. The maximum atomic E-state index is 2.49. The number of aromatic nitrogens is 2. The molecule has 32 heavy (non-hydrogen) atoms. The zero-order valence-corrected chi connectivity index (χ0v) is 21.6. The SMILES string of the molecule is CCCCCCCCCCCCCCCCCCn1c(C)cc(C)[n+]1Cc1ccccc1. The predicted molar refractivity (Wildman–Crippen MR) is 139 cm³/mol. The van der Waals surface area contributed by atoms with Gasteiger partial charge < -0.3 is 0 Å². The summed E-state index contributed by atoms with van der Waals surface area (Å²) in [6, 6.07) is 13.2. The van der Waals surface area contributed by atoms with E-state index in [0.717, 1.165) is 13.1 Å². The van der Waals surface area contributed by atoms with E-state index in [1.807, 2.05) is 0 Å². The van der Waals surface area contributed by atoms with Crippen LogP contribution in [0.2, 0.25) is 0 Å². The van der Waals surface area contributed by atoms with E-state index < -0.39 is 0 Å². The van der Waals surface area contributed by atoms with Crippen molar-refractivity contribution < 1.29 is 4.68 Å². The van der Waals surface area contributed by atoms with Crippen LogP contribution in [0.15, 0.2) is 36.4 Å². The highest BCUT2D eigenvalue weighted by molar-refractivity contribution is 5.13. The largest absolute Gasteiger partial charge is 0.205 e. The Balaban J connectivity index is 1.48. The van der Waals surface area contributed by atoms with Crippen molar-refractivity contribution in [3.63, 3.8) is 0 Å². The van der Waals surface area contributed by atoms with Gasteiger partial charge in [0.15, 0.2) is 6.54 Å². The number of rotatable bonds is 19. The van der Waals surface area contributed by atoms with Gasteiger partial charge in [-0.05, 0) is 13.3 Å². The molecule has 0 aliphatic heterocycles. The van der Waals surface area contributed by atoms with Gasteiger partial charge in [-0.1, -0.05) is 134 Å². The fourth-order valence-corrected chi connectivity index (χ4v) is 4.91. The van der Waals surface area contributed by atoms with Gasteiger partial charge in [0.2, 0.25) is 5.69 Å². The van der Waals surface area contributed by atoms with Gasteiger partial charge in [0.25, 0.3) is 0 Å². The molecule has 0 N–H and O–H groups in total. The predicted octanol–water partition coefficient (Wildman–Crippen LogP) is 8.70. The lowest BCUT2D eigenvalue weighted by atomic mass is 10.0. The molecule has 1 aromatic carbocycles. The highest BCUT2D eigenvalue weighted by Crippen LogP contribution is 2.14. The lowest BCUT2D eigenvalue weighted by Crippen LogP contribution is -2.46. The molecule has 0 bridgehead atoms. The second-order valence-corrected chi connectivity index (χ2v) is 9.90. The summed E-state index contributed by atoms with van der Waals surface area (Å²) < 4.78 is 4.95. The van der Waals surface area contributed by atoms with E-state index in [2.05, 4.69) is 66.5 Å². The first kappa shape index (κ1) is 26.7. The van der Waals surface area contributed by atoms with E-state index >= 15 is 0 Å². The highest BCUT2D eigenvalue weighted by Gasteiger charge is 2.17. The van der Waals surface area contributed by atoms with Gasteiger partial charge >= 0.3 is 0 Å². The van der Waals surface area contributed by atoms with Crippen LogP contribution in [0.25, 0.3) is 0 Å². The molecule has 1 aromatic heterocycles. The zero-order valence-electron chi connectivity index (χ0n) is 21.6. The Morgan fingerprint density at radius 3 is 1.59 bits per heavy atom. The summed E-state index contributed by atoms with van der Waals surface area (Å²) >= 11 is 0. The Morgan fingerprint density at radius 1 is 0.625 bits per heavy atom. The summed E-state index contributed by atoms with van der Waals surface area (Å²) in [6.07, 6.45) is 22.9. The van der Waals surface area contributed by atoms with Gasteiger partial charge in [-0.25, -0.2) is 0 Å². The van der Waals surface area contributed by atoms with Crippen molar-refractivity contribution in [2.75, 3.05) is 0 Å². The third-order valence-corrected chi connectivity index (χ3v) is 6.92. The topological polar surface area (TPSA) is 8.81 Å². The quantitative estimate of drug-likeness (QED) is 0.153. The number of nitrogens with zero attached hydrogens (tertiary/aromatic N) is 2. The van der Waals surface area contributed by atoms with Crippen LogP contribution in [0.5, 0.6) is 0 Å². The summed E-state index contributed by atoms with van der Waals surface area (Å²) in [4.78, 5) is 0. The molecule has 0 aliphatic rings. The van der Waals surface area contributed by atoms with Gasteiger partial charge in [0.05, 0.1) is 12.2 Å². The molecule has 0 saturated carbocycles. The van der Waals surface area contributed by atoms with Crippen molar-refractivity contribution in [2.45, 2.75) is 137 Å². The van der Waals surface area contributed by atoms with Crippen LogP contribution in [0.1, 0.15) is 127 Å². The van der Waals surface area contributed by atoms with Gasteiger partial charge in [-0.2, -0.15) is 4.68 Å². The Morgan fingerprint density at radius 2 is 1.09 bits per heavy atom. The van der Waals surface area contributed by atoms with Gasteiger partial charge in [0, 0.05) is 18.6 Å². The summed E-state index contributed by atoms with van der Waals surface area (Å²) in [5.41, 5.74) is 4.13. The maximum absolute atomic E-state index is 2.49. The average molecular weight is 440 g/mol. The number of aryl methyl sites for hydroxylation is 2. The van der Waals surface area contributed by atoms with E-state index in [1.54, 1.807) is 0 Å². The standard InChI is InChI=1S/C30H51N2/c1-4-5-6-7-8-9-10-11-12-13-14-15-16-17-18-22-25-31-28(2)26-29(3)32(31)27-30-23-20-19-21-24-30/h19-21,23-24,26H,4-18,22,25,27H2,1-3H3/q+1. The van der Waals surface area contributed by atoms with Crippen molar-refractivity contribution in [3.05, 3.63) is 53.3 Å². The second-order valence-electron chi connectivity index (χ2n) is 9.90. The zero-order chi connectivity index (χ0) is 22.9. The Hall–Kier alpha value is -1.57. The normalized spacial score (nSPS) is 11.3. The first-order valence-corrected chi connectivity index (χ1v) is 13.8. The van der Waals surface area contributed by atoms with Crippen molar-refractivity contribution in [1.29, 1.82) is 0 Å². The molecule has 0 amide bonds. The molecule has 0 atom stereocenters. The molecule has 2 nitrogen and oxygen atoms in total. The summed E-state index contributed by atoms with van der Waals surface area (Å²) in [7, 11) is 0. The monoisotopic (exact) mass is 439 g/mol. The van der Waals surface area contributed by atoms with Crippen LogP contribution in [-0.2, 0) is 13.1 Å². The molecule has 0 unspecified atom stereocenters. The van der Waals surface area contributed by atoms with Crippen molar-refractivity contribution >= 4 is 0 Å².